The largest absolute Gasteiger partial charge is 0.463 e. The number of aromatic nitrogens is 5. The lowest BCUT2D eigenvalue weighted by molar-refractivity contribution is 0.286. The van der Waals surface area contributed by atoms with Gasteiger partial charge in [0.1, 0.15) is 5.52 Å². The fourth-order valence-corrected chi connectivity index (χ4v) is 3.80. The molecule has 4 aromatic rings. The highest BCUT2D eigenvalue weighted by Gasteiger charge is 2.15. The summed E-state index contributed by atoms with van der Waals surface area (Å²) in [4.78, 5) is 29.4. The Bertz CT molecular complexity index is 1210. The molecule has 156 valence electrons. The number of nitrogen functional groups attached to an aromatic ring is 1. The van der Waals surface area contributed by atoms with Gasteiger partial charge < -0.3 is 21.2 Å². The summed E-state index contributed by atoms with van der Waals surface area (Å²) in [6, 6.07) is 6.08. The van der Waals surface area contributed by atoms with Crippen molar-refractivity contribution in [3.05, 3.63) is 50.7 Å². The van der Waals surface area contributed by atoms with Crippen LogP contribution in [0.15, 0.2) is 34.6 Å². The number of ether oxygens (including phenoxy) is 1. The van der Waals surface area contributed by atoms with Crippen molar-refractivity contribution in [1.82, 2.24) is 24.5 Å². The molecular weight excluding hydrogens is 402 g/mol. The van der Waals surface area contributed by atoms with Crippen LogP contribution in [-0.2, 0) is 13.1 Å². The van der Waals surface area contributed by atoms with Gasteiger partial charge in [0.2, 0.25) is 0 Å². The van der Waals surface area contributed by atoms with Crippen molar-refractivity contribution >= 4 is 28.3 Å². The number of pyridine rings is 1. The maximum absolute atomic E-state index is 12.5. The lowest BCUT2D eigenvalue weighted by Crippen LogP contribution is -2.18. The first-order chi connectivity index (χ1) is 14.6. The Morgan fingerprint density at radius 1 is 1.30 bits per heavy atom. The summed E-state index contributed by atoms with van der Waals surface area (Å²) in [5.41, 5.74) is 14.9. The molecule has 0 fully saturated rings. The number of H-pyrrole nitrogens is 1. The molecule has 0 unspecified atom stereocenters. The topological polar surface area (TPSA) is 138 Å². The normalized spacial score (nSPS) is 11.3. The zero-order valence-corrected chi connectivity index (χ0v) is 17.4. The number of imidazole rings is 1. The number of nitrogens with zero attached hydrogens (tertiary/aromatic N) is 4. The van der Waals surface area contributed by atoms with Crippen LogP contribution in [-0.4, -0.2) is 31.1 Å². The van der Waals surface area contributed by atoms with Gasteiger partial charge in [0.25, 0.3) is 0 Å². The van der Waals surface area contributed by atoms with Gasteiger partial charge >= 0.3 is 11.7 Å². The number of hydrogen-bond acceptors (Lipinski definition) is 8. The molecule has 0 atom stereocenters. The highest BCUT2D eigenvalue weighted by molar-refractivity contribution is 7.10. The molecule has 0 spiro atoms. The van der Waals surface area contributed by atoms with E-state index >= 15 is 0 Å². The molecule has 0 radical (unpaired) electrons. The van der Waals surface area contributed by atoms with Crippen LogP contribution < -0.4 is 21.9 Å². The summed E-state index contributed by atoms with van der Waals surface area (Å²) >= 11 is 1.61. The van der Waals surface area contributed by atoms with Crippen LogP contribution >= 0.6 is 11.3 Å². The number of thiophene rings is 1. The Hall–Kier alpha value is -3.24. The van der Waals surface area contributed by atoms with Crippen LogP contribution in [0.5, 0.6) is 6.01 Å². The van der Waals surface area contributed by atoms with E-state index in [0.717, 1.165) is 34.5 Å². The maximum atomic E-state index is 12.5. The fraction of sp³-hybridized carbons (Fsp3) is 0.300. The van der Waals surface area contributed by atoms with Crippen LogP contribution in [0.2, 0.25) is 0 Å². The van der Waals surface area contributed by atoms with Gasteiger partial charge in [-0.2, -0.15) is 9.97 Å². The van der Waals surface area contributed by atoms with Crippen molar-refractivity contribution in [2.24, 2.45) is 5.73 Å². The second kappa shape index (κ2) is 8.64. The molecule has 4 aromatic heterocycles. The maximum Gasteiger partial charge on any atom is 0.328 e. The molecule has 0 saturated carbocycles. The van der Waals surface area contributed by atoms with Crippen LogP contribution in [0, 0.1) is 0 Å². The summed E-state index contributed by atoms with van der Waals surface area (Å²) in [7, 11) is 0. The minimum absolute atomic E-state index is 0.169. The van der Waals surface area contributed by atoms with Gasteiger partial charge in [-0.3, -0.25) is 9.55 Å². The molecule has 9 nitrogen and oxygen atoms in total. The van der Waals surface area contributed by atoms with E-state index in [1.807, 2.05) is 23.6 Å². The van der Waals surface area contributed by atoms with Crippen molar-refractivity contribution in [3.8, 4) is 17.3 Å². The van der Waals surface area contributed by atoms with Gasteiger partial charge in [-0.15, -0.1) is 11.3 Å². The SMILES string of the molecule is CCCCOc1nc(N)c2[nH]c(=O)n(Cc3ccc(-c4csc(CN)c4)nc3)c2n1. The quantitative estimate of drug-likeness (QED) is 0.369. The summed E-state index contributed by atoms with van der Waals surface area (Å²) in [6.45, 7) is 3.38. The molecule has 10 heteroatoms. The molecule has 0 bridgehead atoms. The smallest absolute Gasteiger partial charge is 0.328 e. The van der Waals surface area contributed by atoms with Crippen molar-refractivity contribution in [2.45, 2.75) is 32.9 Å². The van der Waals surface area contributed by atoms with Gasteiger partial charge in [-0.1, -0.05) is 19.4 Å². The monoisotopic (exact) mass is 425 g/mol. The van der Waals surface area contributed by atoms with Crippen LogP contribution in [0.3, 0.4) is 0 Å². The molecule has 0 aliphatic carbocycles. The van der Waals surface area contributed by atoms with E-state index < -0.39 is 0 Å². The average molecular weight is 426 g/mol. The molecule has 4 rings (SSSR count). The molecule has 0 amide bonds. The van der Waals surface area contributed by atoms with E-state index in [1.165, 1.54) is 4.57 Å². The molecule has 0 aliphatic rings. The second-order valence-electron chi connectivity index (χ2n) is 6.87. The summed E-state index contributed by atoms with van der Waals surface area (Å²) < 4.78 is 7.08. The van der Waals surface area contributed by atoms with Crippen LogP contribution in [0.4, 0.5) is 5.82 Å². The number of anilines is 1. The number of hydrogen-bond donors (Lipinski definition) is 3. The van der Waals surface area contributed by atoms with Crippen molar-refractivity contribution < 1.29 is 4.74 Å². The predicted molar refractivity (Wildman–Crippen MR) is 118 cm³/mol. The number of nitrogens with one attached hydrogen (secondary N) is 1. The molecule has 0 aromatic carbocycles. The average Bonchev–Trinajstić information content (AvgIpc) is 3.35. The zero-order chi connectivity index (χ0) is 21.1. The van der Waals surface area contributed by atoms with Gasteiger partial charge in [0, 0.05) is 28.6 Å². The van der Waals surface area contributed by atoms with Gasteiger partial charge in [0.05, 0.1) is 18.8 Å². The lowest BCUT2D eigenvalue weighted by Gasteiger charge is -2.07. The fourth-order valence-electron chi connectivity index (χ4n) is 3.04. The Kier molecular flexibility index (Phi) is 5.77. The molecule has 0 aliphatic heterocycles. The first-order valence-corrected chi connectivity index (χ1v) is 10.6. The summed E-state index contributed by atoms with van der Waals surface area (Å²) in [5.74, 6) is 0.184. The van der Waals surface area contributed by atoms with Crippen molar-refractivity contribution in [3.63, 3.8) is 0 Å². The summed E-state index contributed by atoms with van der Waals surface area (Å²) in [5, 5.41) is 2.04. The lowest BCUT2D eigenvalue weighted by atomic mass is 10.2. The number of rotatable bonds is 8. The zero-order valence-electron chi connectivity index (χ0n) is 16.6. The highest BCUT2D eigenvalue weighted by atomic mass is 32.1. The van der Waals surface area contributed by atoms with E-state index in [0.29, 0.717) is 30.9 Å². The molecular formula is C20H23N7O2S. The number of aromatic amines is 1. The number of fused-ring (bicyclic) bond motifs is 1. The first-order valence-electron chi connectivity index (χ1n) is 9.70. The Labute approximate surface area is 176 Å². The third kappa shape index (κ3) is 4.05. The summed E-state index contributed by atoms with van der Waals surface area (Å²) in [6.07, 6.45) is 3.63. The van der Waals surface area contributed by atoms with Crippen molar-refractivity contribution in [1.29, 1.82) is 0 Å². The Morgan fingerprint density at radius 3 is 2.87 bits per heavy atom. The van der Waals surface area contributed by atoms with E-state index in [9.17, 15) is 4.79 Å². The van der Waals surface area contributed by atoms with Gasteiger partial charge in [-0.25, -0.2) is 4.79 Å². The molecule has 4 heterocycles. The van der Waals surface area contributed by atoms with Gasteiger partial charge in [0.15, 0.2) is 11.5 Å². The minimum Gasteiger partial charge on any atom is -0.463 e. The predicted octanol–water partition coefficient (Wildman–Crippen LogP) is 2.51. The Balaban J connectivity index is 1.61. The minimum atomic E-state index is -0.314. The van der Waals surface area contributed by atoms with E-state index in [-0.39, 0.29) is 17.5 Å². The first kappa shape index (κ1) is 20.0. The van der Waals surface area contributed by atoms with Crippen molar-refractivity contribution in [2.75, 3.05) is 12.3 Å². The molecule has 5 N–H and O–H groups in total. The molecule has 30 heavy (non-hydrogen) atoms. The van der Waals surface area contributed by atoms with E-state index in [1.54, 1.807) is 17.5 Å². The van der Waals surface area contributed by atoms with Gasteiger partial charge in [-0.05, 0) is 24.1 Å². The standard InChI is InChI=1S/C20H23N7O2S/c1-2-3-6-29-19-25-17(22)16-18(26-19)27(20(28)24-16)10-12-4-5-15(23-9-12)13-7-14(8-21)30-11-13/h4-5,7,9,11H,2-3,6,8,10,21H2,1H3,(H,24,28)(H2,22,25,26). The third-order valence-electron chi connectivity index (χ3n) is 4.68. The second-order valence-corrected chi connectivity index (χ2v) is 7.86. The van der Waals surface area contributed by atoms with E-state index in [2.05, 4.69) is 26.9 Å². The number of unbranched alkanes of at least 4 members (excludes halogenated alkanes) is 1. The van der Waals surface area contributed by atoms with Crippen LogP contribution in [0.25, 0.3) is 22.4 Å². The third-order valence-corrected chi connectivity index (χ3v) is 5.63. The molecule has 0 saturated heterocycles. The Morgan fingerprint density at radius 2 is 2.17 bits per heavy atom. The number of nitrogens with two attached hydrogens (primary N) is 2. The van der Waals surface area contributed by atoms with Crippen LogP contribution in [0.1, 0.15) is 30.2 Å². The highest BCUT2D eigenvalue weighted by Crippen LogP contribution is 2.24. The van der Waals surface area contributed by atoms with E-state index in [4.69, 9.17) is 16.2 Å².